The monoisotopic (exact) mass is 181 g/mol. The van der Waals surface area contributed by atoms with E-state index in [1.54, 1.807) is 0 Å². The molecule has 0 saturated carbocycles. The van der Waals surface area contributed by atoms with E-state index in [9.17, 15) is 4.79 Å². The summed E-state index contributed by atoms with van der Waals surface area (Å²) in [5.41, 5.74) is 0.740. The molecule has 13 heavy (non-hydrogen) atoms. The van der Waals surface area contributed by atoms with E-state index in [0.29, 0.717) is 6.04 Å². The predicted octanol–water partition coefficient (Wildman–Crippen LogP) is 0.197. The lowest BCUT2D eigenvalue weighted by atomic mass is 9.95. The van der Waals surface area contributed by atoms with Gasteiger partial charge in [-0.05, 0) is 31.4 Å². The van der Waals surface area contributed by atoms with E-state index in [4.69, 9.17) is 5.11 Å². The van der Waals surface area contributed by atoms with Crippen molar-refractivity contribution in [1.82, 2.24) is 4.90 Å². The van der Waals surface area contributed by atoms with Gasteiger partial charge in [0.2, 0.25) is 0 Å². The van der Waals surface area contributed by atoms with Gasteiger partial charge < -0.3 is 5.11 Å². The minimum Gasteiger partial charge on any atom is -0.396 e. The number of ketones is 1. The maximum absolute atomic E-state index is 11.6. The first-order valence-corrected chi connectivity index (χ1v) is 4.70. The Morgan fingerprint density at radius 1 is 1.69 bits per heavy atom. The van der Waals surface area contributed by atoms with Gasteiger partial charge in [-0.3, -0.25) is 9.69 Å². The highest BCUT2D eigenvalue weighted by Crippen LogP contribution is 2.38. The summed E-state index contributed by atoms with van der Waals surface area (Å²) in [6.07, 6.45) is 1.53. The molecule has 1 N–H and O–H groups in total. The van der Waals surface area contributed by atoms with Crippen LogP contribution in [0.25, 0.3) is 0 Å². The maximum Gasteiger partial charge on any atom is 0.175 e. The van der Waals surface area contributed by atoms with Gasteiger partial charge in [0.1, 0.15) is 0 Å². The van der Waals surface area contributed by atoms with Gasteiger partial charge in [0.25, 0.3) is 0 Å². The lowest BCUT2D eigenvalue weighted by molar-refractivity contribution is -0.121. The number of fused-ring (bicyclic) bond motifs is 2. The van der Waals surface area contributed by atoms with Crippen molar-refractivity contribution in [2.24, 2.45) is 5.92 Å². The summed E-state index contributed by atoms with van der Waals surface area (Å²) < 4.78 is 0. The van der Waals surface area contributed by atoms with Crippen LogP contribution in [0.4, 0.5) is 0 Å². The standard InChI is InChI=1S/C10H15NO2/c1-6-3-8-7(5-12)4-9(10(6)13)11(8)2/h7-9,12H,1,3-5H2,2H3. The molecule has 2 bridgehead atoms. The molecular formula is C10H15NO2. The number of rotatable bonds is 1. The molecule has 3 nitrogen and oxygen atoms in total. The highest BCUT2D eigenvalue weighted by Gasteiger charge is 2.46. The van der Waals surface area contributed by atoms with Gasteiger partial charge in [0.05, 0.1) is 6.04 Å². The number of hydrogen-bond acceptors (Lipinski definition) is 3. The molecule has 2 fully saturated rings. The molecule has 3 unspecified atom stereocenters. The van der Waals surface area contributed by atoms with Crippen LogP contribution in [0.1, 0.15) is 12.8 Å². The van der Waals surface area contributed by atoms with Crippen molar-refractivity contribution in [3.05, 3.63) is 12.2 Å². The molecule has 72 valence electrons. The van der Waals surface area contributed by atoms with Crippen molar-refractivity contribution < 1.29 is 9.90 Å². The molecule has 2 aliphatic rings. The largest absolute Gasteiger partial charge is 0.396 e. The van der Waals surface area contributed by atoms with Crippen molar-refractivity contribution in [3.8, 4) is 0 Å². The summed E-state index contributed by atoms with van der Waals surface area (Å²) >= 11 is 0. The average Bonchev–Trinajstić information content (AvgIpc) is 2.35. The Morgan fingerprint density at radius 3 is 3.00 bits per heavy atom. The fraction of sp³-hybridized carbons (Fsp3) is 0.700. The number of likely N-dealkylation sites (N-methyl/N-ethyl adjacent to an activating group) is 1. The Morgan fingerprint density at radius 2 is 2.38 bits per heavy atom. The first kappa shape index (κ1) is 8.91. The molecule has 2 heterocycles. The van der Waals surface area contributed by atoms with Gasteiger partial charge in [-0.15, -0.1) is 0 Å². The lowest BCUT2D eigenvalue weighted by Crippen LogP contribution is -2.44. The first-order chi connectivity index (χ1) is 6.15. The second kappa shape index (κ2) is 2.93. The van der Waals surface area contributed by atoms with Gasteiger partial charge in [0, 0.05) is 12.6 Å². The summed E-state index contributed by atoms with van der Waals surface area (Å²) in [6.45, 7) is 3.97. The molecule has 3 atom stereocenters. The first-order valence-electron chi connectivity index (χ1n) is 4.70. The van der Waals surface area contributed by atoms with E-state index in [0.717, 1.165) is 18.4 Å². The molecule has 0 aromatic heterocycles. The highest BCUT2D eigenvalue weighted by molar-refractivity contribution is 6.00. The molecule has 0 aromatic rings. The fourth-order valence-corrected chi connectivity index (χ4v) is 2.56. The zero-order chi connectivity index (χ0) is 9.59. The molecule has 0 spiro atoms. The smallest absolute Gasteiger partial charge is 0.175 e. The Balaban J connectivity index is 2.26. The average molecular weight is 181 g/mol. The molecule has 2 saturated heterocycles. The summed E-state index contributed by atoms with van der Waals surface area (Å²) in [6, 6.07) is 0.323. The van der Waals surface area contributed by atoms with Crippen LogP contribution in [0.2, 0.25) is 0 Å². The lowest BCUT2D eigenvalue weighted by Gasteiger charge is -2.32. The zero-order valence-corrected chi connectivity index (χ0v) is 7.86. The number of aliphatic hydroxyl groups excluding tert-OH is 1. The Hall–Kier alpha value is -0.670. The SMILES string of the molecule is C=C1CC2C(CO)CC(C1=O)N2C. The molecule has 0 aliphatic carbocycles. The molecule has 2 aliphatic heterocycles. The van der Waals surface area contributed by atoms with Crippen LogP contribution in [-0.4, -0.2) is 41.5 Å². The third-order valence-corrected chi connectivity index (χ3v) is 3.43. The second-order valence-corrected chi connectivity index (χ2v) is 4.10. The van der Waals surface area contributed by atoms with Crippen LogP contribution in [0, 0.1) is 5.92 Å². The molecule has 0 amide bonds. The summed E-state index contributed by atoms with van der Waals surface area (Å²) in [5, 5.41) is 9.14. The quantitative estimate of drug-likeness (QED) is 0.587. The van der Waals surface area contributed by atoms with Crippen LogP contribution < -0.4 is 0 Å². The third kappa shape index (κ3) is 1.15. The van der Waals surface area contributed by atoms with Gasteiger partial charge in [0.15, 0.2) is 5.78 Å². The second-order valence-electron chi connectivity index (χ2n) is 4.10. The number of aliphatic hydroxyl groups is 1. The summed E-state index contributed by atoms with van der Waals surface area (Å²) in [7, 11) is 1.97. The van der Waals surface area contributed by atoms with E-state index < -0.39 is 0 Å². The van der Waals surface area contributed by atoms with Gasteiger partial charge in [-0.25, -0.2) is 0 Å². The van der Waals surface area contributed by atoms with Crippen molar-refractivity contribution >= 4 is 5.78 Å². The summed E-state index contributed by atoms with van der Waals surface area (Å²) in [4.78, 5) is 13.7. The van der Waals surface area contributed by atoms with E-state index in [1.165, 1.54) is 0 Å². The van der Waals surface area contributed by atoms with Crippen molar-refractivity contribution in [1.29, 1.82) is 0 Å². The number of carbonyl (C=O) groups is 1. The van der Waals surface area contributed by atoms with Gasteiger partial charge in [-0.2, -0.15) is 0 Å². The van der Waals surface area contributed by atoms with Crippen LogP contribution in [0.5, 0.6) is 0 Å². The fourth-order valence-electron chi connectivity index (χ4n) is 2.56. The van der Waals surface area contributed by atoms with Crippen LogP contribution in [0.3, 0.4) is 0 Å². The number of piperidine rings is 1. The highest BCUT2D eigenvalue weighted by atomic mass is 16.3. The van der Waals surface area contributed by atoms with Crippen LogP contribution in [0.15, 0.2) is 12.2 Å². The molecule has 3 heteroatoms. The third-order valence-electron chi connectivity index (χ3n) is 3.43. The van der Waals surface area contributed by atoms with Gasteiger partial charge in [-0.1, -0.05) is 6.58 Å². The number of Topliss-reactive ketones (excluding diaryl/α,β-unsaturated/α-hetero) is 1. The molecule has 2 rings (SSSR count). The van der Waals surface area contributed by atoms with Gasteiger partial charge >= 0.3 is 0 Å². The zero-order valence-electron chi connectivity index (χ0n) is 7.86. The maximum atomic E-state index is 11.6. The van der Waals surface area contributed by atoms with Crippen molar-refractivity contribution in [2.75, 3.05) is 13.7 Å². The Bertz CT molecular complexity index is 262. The predicted molar refractivity (Wildman–Crippen MR) is 49.3 cm³/mol. The van der Waals surface area contributed by atoms with E-state index in [2.05, 4.69) is 11.5 Å². The minimum absolute atomic E-state index is 0.0107. The minimum atomic E-state index is -0.0107. The number of carbonyl (C=O) groups excluding carboxylic acids is 1. The normalized spacial score (nSPS) is 40.0. The van der Waals surface area contributed by atoms with Crippen molar-refractivity contribution in [2.45, 2.75) is 24.9 Å². The van der Waals surface area contributed by atoms with E-state index in [1.807, 2.05) is 7.05 Å². The van der Waals surface area contributed by atoms with Crippen LogP contribution >= 0.6 is 0 Å². The van der Waals surface area contributed by atoms with E-state index >= 15 is 0 Å². The van der Waals surface area contributed by atoms with Crippen LogP contribution in [-0.2, 0) is 4.79 Å². The molecule has 0 aromatic carbocycles. The number of nitrogens with zero attached hydrogens (tertiary/aromatic N) is 1. The topological polar surface area (TPSA) is 40.5 Å². The van der Waals surface area contributed by atoms with E-state index in [-0.39, 0.29) is 24.3 Å². The molecule has 0 radical (unpaired) electrons. The Kier molecular flexibility index (Phi) is 2.00. The Labute approximate surface area is 78.0 Å². The number of hydrogen-bond donors (Lipinski definition) is 1. The van der Waals surface area contributed by atoms with Crippen molar-refractivity contribution in [3.63, 3.8) is 0 Å². The molecular weight excluding hydrogens is 166 g/mol. The summed E-state index contributed by atoms with van der Waals surface area (Å²) in [5.74, 6) is 0.438.